The molecule has 0 atom stereocenters. The number of aromatic nitrogens is 3. The first kappa shape index (κ1) is 57.6. The molecule has 0 spiro atoms. The summed E-state index contributed by atoms with van der Waals surface area (Å²) in [4.78, 5) is 19.5. The number of fused-ring (bicyclic) bond motifs is 5. The van der Waals surface area contributed by atoms with Crippen molar-refractivity contribution < 1.29 is 79.9 Å². The molecule has 0 saturated carbocycles. The van der Waals surface area contributed by atoms with Gasteiger partial charge in [0.05, 0.1) is 49.2 Å². The minimum atomic E-state index is -5.50. The second-order valence-electron chi connectivity index (χ2n) is 16.7. The molecule has 0 aliphatic carbocycles. The number of imidazole rings is 1. The fourth-order valence-electron chi connectivity index (χ4n) is 8.01. The second-order valence-corrected chi connectivity index (χ2v) is 25.4. The molecular weight excluding hydrogens is 1190 g/mol. The summed E-state index contributed by atoms with van der Waals surface area (Å²) in [5.74, 6) is -3.51. The van der Waals surface area contributed by atoms with E-state index in [4.69, 9.17) is 11.6 Å². The van der Waals surface area contributed by atoms with Crippen LogP contribution in [0.3, 0.4) is 0 Å². The fraction of sp³-hybridized carbons (Fsp3) is 0.163. The maximum atomic E-state index is 13.0. The molecule has 29 nitrogen and oxygen atoms in total. The Kier molecular flexibility index (Phi) is 15.7. The second kappa shape index (κ2) is 21.6. The maximum Gasteiger partial charge on any atom is 0.297 e. The molecule has 0 radical (unpaired) electrons. The lowest BCUT2D eigenvalue weighted by Gasteiger charge is -2.26. The molecule has 0 aliphatic heterocycles. The minimum absolute atomic E-state index is 0.00393. The van der Waals surface area contributed by atoms with Crippen molar-refractivity contribution >= 4 is 157 Å². The van der Waals surface area contributed by atoms with Gasteiger partial charge in [0.25, 0.3) is 50.6 Å². The number of aldehydes is 1. The van der Waals surface area contributed by atoms with E-state index in [1.165, 1.54) is 22.3 Å². The normalized spacial score (nSPS) is 13.0. The van der Waals surface area contributed by atoms with Crippen LogP contribution in [0.15, 0.2) is 112 Å². The van der Waals surface area contributed by atoms with Gasteiger partial charge in [-0.1, -0.05) is 35.1 Å². The number of hydrogen-bond donors (Lipinski definition) is 7. The molecule has 79 heavy (non-hydrogen) atoms. The summed E-state index contributed by atoms with van der Waals surface area (Å²) in [6, 6.07) is 15.0. The zero-order valence-electron chi connectivity index (χ0n) is 39.5. The lowest BCUT2D eigenvalue weighted by Crippen LogP contribution is -2.28. The maximum absolute atomic E-state index is 13.0. The van der Waals surface area contributed by atoms with Crippen molar-refractivity contribution in [2.75, 3.05) is 29.5 Å². The fourth-order valence-corrected chi connectivity index (χ4v) is 12.7. The van der Waals surface area contributed by atoms with Crippen LogP contribution in [-0.2, 0) is 50.6 Å². The van der Waals surface area contributed by atoms with Gasteiger partial charge in [-0.25, -0.2) is 9.97 Å². The van der Waals surface area contributed by atoms with Gasteiger partial charge in [-0.2, -0.15) is 47.4 Å². The van der Waals surface area contributed by atoms with Crippen molar-refractivity contribution in [3.05, 3.63) is 88.4 Å². The number of para-hydroxylation sites is 2. The number of nitriles is 1. The number of phenols is 1. The molecule has 5 aromatic carbocycles. The number of aromatic hydroxyl groups is 2. The Morgan fingerprint density at radius 2 is 1.32 bits per heavy atom. The van der Waals surface area contributed by atoms with Crippen LogP contribution in [0.25, 0.3) is 37.7 Å². The minimum Gasteiger partial charge on any atom is -0.505 e. The summed E-state index contributed by atoms with van der Waals surface area (Å²) in [5, 5.41) is 55.8. The number of halogens is 1. The van der Waals surface area contributed by atoms with Crippen LogP contribution in [0.1, 0.15) is 34.3 Å². The quantitative estimate of drug-likeness (QED) is 0.0226. The lowest BCUT2D eigenvalue weighted by atomic mass is 10.1. The molecule has 36 heteroatoms. The van der Waals surface area contributed by atoms with Gasteiger partial charge in [0.15, 0.2) is 23.4 Å². The number of phenolic OH excluding ortho intramolecular Hbond substituents is 1. The van der Waals surface area contributed by atoms with Crippen LogP contribution in [-0.4, -0.2) is 120 Å². The highest BCUT2D eigenvalue weighted by Gasteiger charge is 2.28. The standard InChI is InChI=1S/C43H34ClN11O18S6/c1-21-25(19-45)41-46-27-6-2-3-7-32(27)55(41)42(58)36(21)51-50-31-17-24-22(15-34(31)77(65,66)67)16-35(78(68,69)70)37(38(24)57)52-49-30-14-23(20-56)29(18-33(30)54(10-4-12-75(59,60)61)11-5-13-76(62,63)64)48-53-43-47-28-9-8-26(44)40(39(28)74-43)79(71,72)73/h2-3,6-9,14-18,20,57-58H,4-5,10-13H2,1H3,(H,59,60,61)(H,62,63,64)(H,65,66,67)(H,68,69,70)(H,71,72,73). The van der Waals surface area contributed by atoms with E-state index < -0.39 is 148 Å². The Hall–Kier alpha value is -7.60. The van der Waals surface area contributed by atoms with Gasteiger partial charge in [0.1, 0.15) is 43.4 Å². The van der Waals surface area contributed by atoms with Crippen molar-refractivity contribution in [3.63, 3.8) is 0 Å². The largest absolute Gasteiger partial charge is 0.505 e. The highest BCUT2D eigenvalue weighted by Crippen LogP contribution is 2.47. The van der Waals surface area contributed by atoms with Crippen LogP contribution < -0.4 is 4.90 Å². The summed E-state index contributed by atoms with van der Waals surface area (Å²) in [7, 11) is -25.0. The average Bonchev–Trinajstić information content (AvgIpc) is 3.94. The molecule has 0 saturated heterocycles. The van der Waals surface area contributed by atoms with Crippen LogP contribution in [0.4, 0.5) is 39.3 Å². The Morgan fingerprint density at radius 1 is 0.709 bits per heavy atom. The number of azo groups is 3. The van der Waals surface area contributed by atoms with Crippen LogP contribution in [0.2, 0.25) is 5.02 Å². The summed E-state index contributed by atoms with van der Waals surface area (Å²) < 4.78 is 174. The van der Waals surface area contributed by atoms with Gasteiger partial charge in [-0.05, 0) is 79.7 Å². The third kappa shape index (κ3) is 12.3. The number of carbonyl (C=O) groups excluding carboxylic acids is 1. The van der Waals surface area contributed by atoms with Gasteiger partial charge in [-0.15, -0.1) is 30.7 Å². The smallest absolute Gasteiger partial charge is 0.297 e. The van der Waals surface area contributed by atoms with Crippen LogP contribution in [0.5, 0.6) is 11.6 Å². The van der Waals surface area contributed by atoms with Crippen molar-refractivity contribution in [2.45, 2.75) is 34.5 Å². The molecule has 8 aromatic rings. The van der Waals surface area contributed by atoms with E-state index in [-0.39, 0.29) is 60.5 Å². The number of hydrogen-bond acceptors (Lipinski definition) is 24. The third-order valence-electron chi connectivity index (χ3n) is 11.5. The number of pyridine rings is 1. The number of carbonyl (C=O) groups is 1. The summed E-state index contributed by atoms with van der Waals surface area (Å²) in [5.41, 5.74) is -2.99. The summed E-state index contributed by atoms with van der Waals surface area (Å²) in [6.07, 6.45) is -0.574. The molecule has 0 fully saturated rings. The Bertz CT molecular complexity index is 4600. The van der Waals surface area contributed by atoms with E-state index in [1.807, 2.05) is 6.07 Å². The zero-order chi connectivity index (χ0) is 57.7. The average molecular weight is 1220 g/mol. The predicted molar refractivity (Wildman–Crippen MR) is 282 cm³/mol. The molecule has 0 unspecified atom stereocenters. The SMILES string of the molecule is Cc1c(N=Nc2cc3c(O)c(N=Nc4cc(C=O)c(N=Nc5nc6ccc(Cl)c(S(=O)(=O)O)c6s5)cc4N(CCCS(=O)(=O)O)CCCS(=O)(=O)O)c(S(=O)(=O)O)cc3cc2S(=O)(=O)O)c(O)n2c(nc3ccccc32)c1C#N. The molecule has 412 valence electrons. The van der Waals surface area contributed by atoms with Crippen LogP contribution >= 0.6 is 22.9 Å². The summed E-state index contributed by atoms with van der Waals surface area (Å²) in [6.45, 7) is 0.589. The van der Waals surface area contributed by atoms with Gasteiger partial charge in [0, 0.05) is 29.6 Å². The molecule has 3 aromatic heterocycles. The Labute approximate surface area is 454 Å². The molecule has 0 aliphatic rings. The van der Waals surface area contributed by atoms with Gasteiger partial charge >= 0.3 is 0 Å². The van der Waals surface area contributed by atoms with E-state index in [2.05, 4.69) is 40.7 Å². The molecule has 3 heterocycles. The summed E-state index contributed by atoms with van der Waals surface area (Å²) >= 11 is 6.64. The Balaban J connectivity index is 1.31. The molecule has 0 bridgehead atoms. The molecular formula is C43H34ClN11O18S6. The van der Waals surface area contributed by atoms with E-state index in [9.17, 15) is 85.1 Å². The number of nitrogens with zero attached hydrogens (tertiary/aromatic N) is 11. The van der Waals surface area contributed by atoms with Gasteiger partial charge in [0.2, 0.25) is 11.0 Å². The first-order chi connectivity index (χ1) is 36.9. The van der Waals surface area contributed by atoms with Crippen molar-refractivity contribution in [3.8, 4) is 17.7 Å². The van der Waals surface area contributed by atoms with Crippen molar-refractivity contribution in [1.82, 2.24) is 14.4 Å². The Morgan fingerprint density at radius 3 is 1.92 bits per heavy atom. The third-order valence-corrected chi connectivity index (χ3v) is 17.3. The van der Waals surface area contributed by atoms with Gasteiger partial charge < -0.3 is 15.1 Å². The molecule has 8 rings (SSSR count). The highest BCUT2D eigenvalue weighted by molar-refractivity contribution is 7.87. The number of thiazole rings is 1. The number of benzene rings is 5. The van der Waals surface area contributed by atoms with Crippen molar-refractivity contribution in [2.24, 2.45) is 30.7 Å². The first-order valence-corrected chi connectivity index (χ1v) is 30.5. The monoisotopic (exact) mass is 1220 g/mol. The number of anilines is 1. The van der Waals surface area contributed by atoms with Crippen LogP contribution in [0, 0.1) is 18.3 Å². The topological polar surface area (TPSA) is 461 Å². The zero-order valence-corrected chi connectivity index (χ0v) is 45.2. The van der Waals surface area contributed by atoms with Gasteiger partial charge in [-0.3, -0.25) is 32.0 Å². The lowest BCUT2D eigenvalue weighted by molar-refractivity contribution is 0.112. The van der Waals surface area contributed by atoms with Crippen molar-refractivity contribution in [1.29, 1.82) is 5.26 Å². The van der Waals surface area contributed by atoms with E-state index in [0.717, 1.165) is 24.3 Å². The highest BCUT2D eigenvalue weighted by atomic mass is 35.5. The first-order valence-electron chi connectivity index (χ1n) is 21.8. The molecule has 7 N–H and O–H groups in total. The van der Waals surface area contributed by atoms with E-state index in [1.54, 1.807) is 24.3 Å². The van der Waals surface area contributed by atoms with E-state index >= 15 is 0 Å². The molecule has 0 amide bonds. The predicted octanol–water partition coefficient (Wildman–Crippen LogP) is 8.66. The number of rotatable bonds is 19. The van der Waals surface area contributed by atoms with E-state index in [0.29, 0.717) is 34.5 Å².